The molecule has 4 nitrogen and oxygen atoms in total. The number of carbonyl (C=O) groups excluding carboxylic acids is 1. The maximum Gasteiger partial charge on any atom is 0.236 e. The van der Waals surface area contributed by atoms with Gasteiger partial charge in [-0.15, -0.1) is 0 Å². The molecule has 0 heterocycles. The summed E-state index contributed by atoms with van der Waals surface area (Å²) in [5, 5.41) is 2.94. The molecule has 1 rings (SSSR count). The van der Waals surface area contributed by atoms with Gasteiger partial charge < -0.3 is 15.8 Å². The first-order valence-corrected chi connectivity index (χ1v) is 7.83. The van der Waals surface area contributed by atoms with E-state index in [-0.39, 0.29) is 11.9 Å². The number of nitrogens with one attached hydrogen (secondary N) is 1. The van der Waals surface area contributed by atoms with Crippen LogP contribution < -0.4 is 11.1 Å². The van der Waals surface area contributed by atoms with E-state index in [1.54, 1.807) is 0 Å². The molecule has 19 heavy (non-hydrogen) atoms. The summed E-state index contributed by atoms with van der Waals surface area (Å²) in [5.74, 6) is 0.657. The Morgan fingerprint density at radius 2 is 2.00 bits per heavy atom. The van der Waals surface area contributed by atoms with Crippen LogP contribution in [-0.4, -0.2) is 31.2 Å². The molecule has 112 valence electrons. The normalized spacial score (nSPS) is 19.3. The first-order valence-electron chi connectivity index (χ1n) is 7.83. The van der Waals surface area contributed by atoms with E-state index in [9.17, 15) is 4.79 Å². The Balaban J connectivity index is 2.25. The minimum Gasteiger partial charge on any atom is -0.378 e. The molecule has 0 bridgehead atoms. The standard InChI is InChI=1S/C15H30N2O2/c1-3-7-13(16)15(18)17-11-10-14(19-4-2)12-8-5-6-9-12/h12-14H,3-11,16H2,1-2H3,(H,17,18). The number of rotatable bonds is 9. The molecule has 1 saturated carbocycles. The number of hydrogen-bond donors (Lipinski definition) is 2. The molecule has 0 aliphatic heterocycles. The van der Waals surface area contributed by atoms with Crippen molar-refractivity contribution in [2.75, 3.05) is 13.2 Å². The smallest absolute Gasteiger partial charge is 0.236 e. The summed E-state index contributed by atoms with van der Waals surface area (Å²) >= 11 is 0. The van der Waals surface area contributed by atoms with E-state index in [1.807, 2.05) is 13.8 Å². The fourth-order valence-electron chi connectivity index (χ4n) is 2.91. The second-order valence-corrected chi connectivity index (χ2v) is 5.51. The molecule has 1 fully saturated rings. The Bertz CT molecular complexity index is 253. The van der Waals surface area contributed by atoms with Gasteiger partial charge in [-0.2, -0.15) is 0 Å². The van der Waals surface area contributed by atoms with Crippen molar-refractivity contribution in [1.29, 1.82) is 0 Å². The van der Waals surface area contributed by atoms with Crippen LogP contribution >= 0.6 is 0 Å². The molecule has 4 heteroatoms. The van der Waals surface area contributed by atoms with Gasteiger partial charge in [0.25, 0.3) is 0 Å². The van der Waals surface area contributed by atoms with Crippen molar-refractivity contribution in [3.05, 3.63) is 0 Å². The molecule has 2 unspecified atom stereocenters. The summed E-state index contributed by atoms with van der Waals surface area (Å²) in [4.78, 5) is 11.7. The van der Waals surface area contributed by atoms with Gasteiger partial charge >= 0.3 is 0 Å². The third-order valence-electron chi connectivity index (χ3n) is 3.97. The molecule has 0 aromatic carbocycles. The Morgan fingerprint density at radius 3 is 2.58 bits per heavy atom. The number of nitrogens with two attached hydrogens (primary N) is 1. The molecule has 0 aromatic rings. The molecule has 0 radical (unpaired) electrons. The predicted octanol–water partition coefficient (Wildman–Crippen LogP) is 2.22. The predicted molar refractivity (Wildman–Crippen MR) is 77.9 cm³/mol. The highest BCUT2D eigenvalue weighted by molar-refractivity contribution is 5.81. The summed E-state index contributed by atoms with van der Waals surface area (Å²) in [7, 11) is 0. The van der Waals surface area contributed by atoms with Gasteiger partial charge in [0.15, 0.2) is 0 Å². The largest absolute Gasteiger partial charge is 0.378 e. The van der Waals surface area contributed by atoms with Crippen LogP contribution in [0, 0.1) is 5.92 Å². The molecule has 1 aliphatic rings. The lowest BCUT2D eigenvalue weighted by atomic mass is 9.98. The maximum atomic E-state index is 11.7. The second-order valence-electron chi connectivity index (χ2n) is 5.51. The van der Waals surface area contributed by atoms with E-state index in [0.29, 0.717) is 18.6 Å². The van der Waals surface area contributed by atoms with Crippen LogP contribution in [0.25, 0.3) is 0 Å². The highest BCUT2D eigenvalue weighted by atomic mass is 16.5. The zero-order valence-electron chi connectivity index (χ0n) is 12.5. The average Bonchev–Trinajstić information content (AvgIpc) is 2.91. The third-order valence-corrected chi connectivity index (χ3v) is 3.97. The van der Waals surface area contributed by atoms with Crippen molar-refractivity contribution in [3.63, 3.8) is 0 Å². The Hall–Kier alpha value is -0.610. The summed E-state index contributed by atoms with van der Waals surface area (Å²) in [5.41, 5.74) is 5.78. The molecule has 0 aromatic heterocycles. The van der Waals surface area contributed by atoms with Gasteiger partial charge in [0, 0.05) is 13.2 Å². The molecule has 1 amide bonds. The quantitative estimate of drug-likeness (QED) is 0.675. The Morgan fingerprint density at radius 1 is 1.32 bits per heavy atom. The molecule has 2 atom stereocenters. The zero-order valence-corrected chi connectivity index (χ0v) is 12.5. The SMILES string of the molecule is CCCC(N)C(=O)NCCC(OCC)C1CCCC1. The molecular weight excluding hydrogens is 240 g/mol. The van der Waals surface area contributed by atoms with Gasteiger partial charge in [-0.05, 0) is 38.5 Å². The van der Waals surface area contributed by atoms with Gasteiger partial charge in [-0.3, -0.25) is 4.79 Å². The van der Waals surface area contributed by atoms with E-state index < -0.39 is 0 Å². The lowest BCUT2D eigenvalue weighted by Gasteiger charge is -2.23. The van der Waals surface area contributed by atoms with Crippen LogP contribution in [0.4, 0.5) is 0 Å². The van der Waals surface area contributed by atoms with E-state index in [4.69, 9.17) is 10.5 Å². The first-order chi connectivity index (χ1) is 9.19. The summed E-state index contributed by atoms with van der Waals surface area (Å²) in [6.45, 7) is 5.51. The topological polar surface area (TPSA) is 64.4 Å². The van der Waals surface area contributed by atoms with Crippen molar-refractivity contribution in [2.24, 2.45) is 11.7 Å². The van der Waals surface area contributed by atoms with Crippen molar-refractivity contribution < 1.29 is 9.53 Å². The lowest BCUT2D eigenvalue weighted by molar-refractivity contribution is -0.122. The van der Waals surface area contributed by atoms with Crippen molar-refractivity contribution in [2.45, 2.75) is 70.9 Å². The molecule has 1 aliphatic carbocycles. The summed E-state index contributed by atoms with van der Waals surface area (Å²) in [6.07, 6.45) is 8.09. The maximum absolute atomic E-state index is 11.7. The highest BCUT2D eigenvalue weighted by Crippen LogP contribution is 2.30. The molecule has 0 spiro atoms. The van der Waals surface area contributed by atoms with Gasteiger partial charge in [-0.1, -0.05) is 26.2 Å². The number of ether oxygens (including phenoxy) is 1. The number of carbonyl (C=O) groups is 1. The van der Waals surface area contributed by atoms with Gasteiger partial charge in [-0.25, -0.2) is 0 Å². The summed E-state index contributed by atoms with van der Waals surface area (Å²) in [6, 6.07) is -0.359. The summed E-state index contributed by atoms with van der Waals surface area (Å²) < 4.78 is 5.83. The van der Waals surface area contributed by atoms with Crippen molar-refractivity contribution >= 4 is 5.91 Å². The average molecular weight is 270 g/mol. The van der Waals surface area contributed by atoms with Gasteiger partial charge in [0.1, 0.15) is 0 Å². The Kier molecular flexibility index (Phi) is 8.07. The number of amides is 1. The fourth-order valence-corrected chi connectivity index (χ4v) is 2.91. The third kappa shape index (κ3) is 5.91. The first kappa shape index (κ1) is 16.4. The van der Waals surface area contributed by atoms with Crippen LogP contribution in [-0.2, 0) is 9.53 Å². The van der Waals surface area contributed by atoms with Gasteiger partial charge in [0.05, 0.1) is 12.1 Å². The van der Waals surface area contributed by atoms with E-state index in [0.717, 1.165) is 25.9 Å². The van der Waals surface area contributed by atoms with Gasteiger partial charge in [0.2, 0.25) is 5.91 Å². The zero-order chi connectivity index (χ0) is 14.1. The van der Waals surface area contributed by atoms with Crippen LogP contribution in [0.5, 0.6) is 0 Å². The van der Waals surface area contributed by atoms with Crippen molar-refractivity contribution in [1.82, 2.24) is 5.32 Å². The van der Waals surface area contributed by atoms with Crippen LogP contribution in [0.2, 0.25) is 0 Å². The van der Waals surface area contributed by atoms with Crippen LogP contribution in [0.15, 0.2) is 0 Å². The molecule has 3 N–H and O–H groups in total. The number of hydrogen-bond acceptors (Lipinski definition) is 3. The molecule has 0 saturated heterocycles. The van der Waals surface area contributed by atoms with Crippen LogP contribution in [0.1, 0.15) is 58.8 Å². The molecular formula is C15H30N2O2. The van der Waals surface area contributed by atoms with E-state index >= 15 is 0 Å². The monoisotopic (exact) mass is 270 g/mol. The second kappa shape index (κ2) is 9.32. The van der Waals surface area contributed by atoms with Crippen molar-refractivity contribution in [3.8, 4) is 0 Å². The highest BCUT2D eigenvalue weighted by Gasteiger charge is 2.25. The van der Waals surface area contributed by atoms with E-state index in [1.165, 1.54) is 25.7 Å². The fraction of sp³-hybridized carbons (Fsp3) is 0.933. The van der Waals surface area contributed by atoms with Crippen LogP contribution in [0.3, 0.4) is 0 Å². The minimum absolute atomic E-state index is 0.0245. The van der Waals surface area contributed by atoms with E-state index in [2.05, 4.69) is 5.32 Å². The lowest BCUT2D eigenvalue weighted by Crippen LogP contribution is -2.41. The minimum atomic E-state index is -0.359. The Labute approximate surface area is 117 Å².